The van der Waals surface area contributed by atoms with Crippen LogP contribution < -0.4 is 0 Å². The molecule has 5 nitrogen and oxygen atoms in total. The van der Waals surface area contributed by atoms with Crippen molar-refractivity contribution in [1.29, 1.82) is 0 Å². The van der Waals surface area contributed by atoms with Crippen LogP contribution in [0.5, 0.6) is 0 Å². The summed E-state index contributed by atoms with van der Waals surface area (Å²) >= 11 is 0. The maximum absolute atomic E-state index is 12.0. The molecule has 0 aliphatic carbocycles. The van der Waals surface area contributed by atoms with Crippen molar-refractivity contribution in [3.8, 4) is 0 Å². The molecule has 0 aromatic heterocycles. The van der Waals surface area contributed by atoms with E-state index in [0.29, 0.717) is 25.7 Å². The lowest BCUT2D eigenvalue weighted by Crippen LogP contribution is -2.46. The van der Waals surface area contributed by atoms with E-state index in [1.165, 1.54) is 0 Å². The molecule has 0 aromatic rings. The standard InChI is InChI=1S/C14H27NO4/c1-7-18-13(16)11(5)12(6)15(9-10(3)4)14(17)19-8-2/h10-12H,7-9H2,1-6H3. The topological polar surface area (TPSA) is 55.8 Å². The van der Waals surface area contributed by atoms with Crippen LogP contribution in [0.15, 0.2) is 0 Å². The van der Waals surface area contributed by atoms with Gasteiger partial charge in [0, 0.05) is 12.6 Å². The Labute approximate surface area is 116 Å². The van der Waals surface area contributed by atoms with Gasteiger partial charge in [-0.25, -0.2) is 4.79 Å². The molecule has 5 heteroatoms. The van der Waals surface area contributed by atoms with Crippen LogP contribution in [0.3, 0.4) is 0 Å². The zero-order valence-corrected chi connectivity index (χ0v) is 12.9. The summed E-state index contributed by atoms with van der Waals surface area (Å²) in [6, 6.07) is -0.250. The van der Waals surface area contributed by atoms with E-state index in [-0.39, 0.29) is 24.0 Å². The van der Waals surface area contributed by atoms with Gasteiger partial charge in [0.2, 0.25) is 0 Å². The summed E-state index contributed by atoms with van der Waals surface area (Å²) in [6.07, 6.45) is -0.375. The highest BCUT2D eigenvalue weighted by molar-refractivity contribution is 5.74. The fourth-order valence-electron chi connectivity index (χ4n) is 1.75. The van der Waals surface area contributed by atoms with Gasteiger partial charge in [-0.3, -0.25) is 4.79 Å². The van der Waals surface area contributed by atoms with Crippen LogP contribution >= 0.6 is 0 Å². The molecule has 0 fully saturated rings. The van der Waals surface area contributed by atoms with E-state index in [1.807, 2.05) is 20.8 Å². The molecule has 0 aliphatic rings. The monoisotopic (exact) mass is 273 g/mol. The van der Waals surface area contributed by atoms with Crippen LogP contribution in [-0.2, 0) is 14.3 Å². The maximum atomic E-state index is 12.0. The van der Waals surface area contributed by atoms with Crippen LogP contribution in [0.1, 0.15) is 41.5 Å². The SMILES string of the molecule is CCOC(=O)C(C)C(C)N(CC(C)C)C(=O)OCC. The Balaban J connectivity index is 4.82. The molecular weight excluding hydrogens is 246 g/mol. The third-order valence-electron chi connectivity index (χ3n) is 2.94. The summed E-state index contributed by atoms with van der Waals surface area (Å²) in [7, 11) is 0. The molecule has 0 radical (unpaired) electrons. The smallest absolute Gasteiger partial charge is 0.410 e. The molecule has 0 aromatic carbocycles. The molecule has 0 saturated carbocycles. The lowest BCUT2D eigenvalue weighted by molar-refractivity contribution is -0.149. The van der Waals surface area contributed by atoms with Crippen molar-refractivity contribution in [2.75, 3.05) is 19.8 Å². The Hall–Kier alpha value is -1.26. The molecule has 2 atom stereocenters. The number of amides is 1. The highest BCUT2D eigenvalue weighted by Crippen LogP contribution is 2.16. The van der Waals surface area contributed by atoms with E-state index in [0.717, 1.165) is 0 Å². The van der Waals surface area contributed by atoms with E-state index in [4.69, 9.17) is 9.47 Å². The minimum Gasteiger partial charge on any atom is -0.466 e. The summed E-state index contributed by atoms with van der Waals surface area (Å²) in [6.45, 7) is 12.4. The number of ether oxygens (including phenoxy) is 2. The van der Waals surface area contributed by atoms with E-state index in [9.17, 15) is 9.59 Å². The molecule has 0 N–H and O–H groups in total. The van der Waals surface area contributed by atoms with Crippen molar-refractivity contribution in [2.24, 2.45) is 11.8 Å². The Bertz CT molecular complexity index is 291. The largest absolute Gasteiger partial charge is 0.466 e. The van der Waals surface area contributed by atoms with Gasteiger partial charge in [-0.2, -0.15) is 0 Å². The van der Waals surface area contributed by atoms with Crippen molar-refractivity contribution in [3.63, 3.8) is 0 Å². The summed E-state index contributed by atoms with van der Waals surface area (Å²) in [5.41, 5.74) is 0. The van der Waals surface area contributed by atoms with Crippen molar-refractivity contribution >= 4 is 12.1 Å². The molecule has 19 heavy (non-hydrogen) atoms. The highest BCUT2D eigenvalue weighted by atomic mass is 16.6. The zero-order chi connectivity index (χ0) is 15.0. The molecule has 0 bridgehead atoms. The fraction of sp³-hybridized carbons (Fsp3) is 0.857. The predicted molar refractivity (Wildman–Crippen MR) is 73.8 cm³/mol. The van der Waals surface area contributed by atoms with E-state index in [1.54, 1.807) is 25.7 Å². The van der Waals surface area contributed by atoms with Gasteiger partial charge in [0.15, 0.2) is 0 Å². The molecule has 0 spiro atoms. The van der Waals surface area contributed by atoms with E-state index < -0.39 is 0 Å². The van der Waals surface area contributed by atoms with Gasteiger partial charge in [-0.15, -0.1) is 0 Å². The van der Waals surface area contributed by atoms with Crippen molar-refractivity contribution in [1.82, 2.24) is 4.90 Å². The number of hydrogen-bond acceptors (Lipinski definition) is 4. The normalized spacial score (nSPS) is 13.8. The first kappa shape index (κ1) is 17.7. The van der Waals surface area contributed by atoms with E-state index in [2.05, 4.69) is 0 Å². The van der Waals surface area contributed by atoms with E-state index >= 15 is 0 Å². The maximum Gasteiger partial charge on any atom is 0.410 e. The Morgan fingerprint density at radius 3 is 1.95 bits per heavy atom. The van der Waals surface area contributed by atoms with Crippen molar-refractivity contribution in [2.45, 2.75) is 47.6 Å². The van der Waals surface area contributed by atoms with Crippen molar-refractivity contribution in [3.05, 3.63) is 0 Å². The fourth-order valence-corrected chi connectivity index (χ4v) is 1.75. The van der Waals surface area contributed by atoms with Crippen LogP contribution in [0.4, 0.5) is 4.79 Å². The minimum atomic E-state index is -0.375. The second-order valence-electron chi connectivity index (χ2n) is 5.03. The molecule has 0 rings (SSSR count). The van der Waals surface area contributed by atoms with Gasteiger partial charge in [0.25, 0.3) is 0 Å². The molecule has 112 valence electrons. The second-order valence-corrected chi connectivity index (χ2v) is 5.03. The highest BCUT2D eigenvalue weighted by Gasteiger charge is 2.30. The van der Waals surface area contributed by atoms with Crippen LogP contribution in [0, 0.1) is 11.8 Å². The summed E-state index contributed by atoms with van der Waals surface area (Å²) in [4.78, 5) is 25.3. The predicted octanol–water partition coefficient (Wildman–Crippen LogP) is 2.69. The first-order valence-corrected chi connectivity index (χ1v) is 6.95. The zero-order valence-electron chi connectivity index (χ0n) is 12.9. The number of rotatable bonds is 7. The molecule has 2 unspecified atom stereocenters. The van der Waals surface area contributed by atoms with Crippen molar-refractivity contribution < 1.29 is 19.1 Å². The third-order valence-corrected chi connectivity index (χ3v) is 2.94. The third kappa shape index (κ3) is 5.94. The quantitative estimate of drug-likeness (QED) is 0.669. The van der Waals surface area contributed by atoms with Gasteiger partial charge in [-0.1, -0.05) is 13.8 Å². The Morgan fingerprint density at radius 1 is 1.00 bits per heavy atom. The number of nitrogens with zero attached hydrogens (tertiary/aromatic N) is 1. The number of carbonyl (C=O) groups excluding carboxylic acids is 2. The summed E-state index contributed by atoms with van der Waals surface area (Å²) in [5, 5.41) is 0. The van der Waals surface area contributed by atoms with Gasteiger partial charge >= 0.3 is 12.1 Å². The molecule has 0 aliphatic heterocycles. The van der Waals surface area contributed by atoms with Crippen LogP contribution in [0.2, 0.25) is 0 Å². The number of hydrogen-bond donors (Lipinski definition) is 0. The Kier molecular flexibility index (Phi) is 8.19. The first-order chi connectivity index (χ1) is 8.84. The summed E-state index contributed by atoms with van der Waals surface area (Å²) in [5.74, 6) is -0.350. The number of esters is 1. The molecule has 0 heterocycles. The van der Waals surface area contributed by atoms with Crippen LogP contribution in [-0.4, -0.2) is 42.8 Å². The van der Waals surface area contributed by atoms with Gasteiger partial charge in [-0.05, 0) is 33.6 Å². The second kappa shape index (κ2) is 8.77. The lowest BCUT2D eigenvalue weighted by Gasteiger charge is -2.32. The lowest BCUT2D eigenvalue weighted by atomic mass is 10.0. The summed E-state index contributed by atoms with van der Waals surface area (Å²) < 4.78 is 10.1. The molecular formula is C14H27NO4. The Morgan fingerprint density at radius 2 is 1.53 bits per heavy atom. The van der Waals surface area contributed by atoms with Crippen LogP contribution in [0.25, 0.3) is 0 Å². The average molecular weight is 273 g/mol. The van der Waals surface area contributed by atoms with Gasteiger partial charge in [0.1, 0.15) is 0 Å². The first-order valence-electron chi connectivity index (χ1n) is 6.95. The average Bonchev–Trinajstić information content (AvgIpc) is 2.34. The molecule has 1 amide bonds. The van der Waals surface area contributed by atoms with Gasteiger partial charge < -0.3 is 14.4 Å². The molecule has 0 saturated heterocycles. The minimum absolute atomic E-state index is 0.250. The number of carbonyl (C=O) groups is 2. The van der Waals surface area contributed by atoms with Gasteiger partial charge in [0.05, 0.1) is 19.1 Å².